The van der Waals surface area contributed by atoms with Gasteiger partial charge in [-0.05, 0) is 25.5 Å². The lowest BCUT2D eigenvalue weighted by atomic mass is 10.2. The van der Waals surface area contributed by atoms with Gasteiger partial charge in [0.2, 0.25) is 5.91 Å². The predicted molar refractivity (Wildman–Crippen MR) is 73.8 cm³/mol. The second-order valence-corrected chi connectivity index (χ2v) is 4.53. The standard InChI is InChI=1S/C15H19NO3/c1-2-19-14-6-4-3-5-12(14)7-8-15(18)16-10-9-13(17)11-16/h3-8,13,17H,2,9-11H2,1H3/t13-/m0/s1. The quantitative estimate of drug-likeness (QED) is 0.839. The summed E-state index contributed by atoms with van der Waals surface area (Å²) in [4.78, 5) is 13.6. The number of hydrogen-bond acceptors (Lipinski definition) is 3. The summed E-state index contributed by atoms with van der Waals surface area (Å²) in [6.45, 7) is 3.57. The van der Waals surface area contributed by atoms with Crippen molar-refractivity contribution in [3.05, 3.63) is 35.9 Å². The molecule has 1 N–H and O–H groups in total. The zero-order chi connectivity index (χ0) is 13.7. The third-order valence-electron chi connectivity index (χ3n) is 3.10. The van der Waals surface area contributed by atoms with Crippen molar-refractivity contribution in [1.29, 1.82) is 0 Å². The van der Waals surface area contributed by atoms with Gasteiger partial charge in [-0.2, -0.15) is 0 Å². The number of ether oxygens (including phenoxy) is 1. The molecule has 0 radical (unpaired) electrons. The molecule has 1 aromatic rings. The molecule has 1 heterocycles. The van der Waals surface area contributed by atoms with E-state index in [0.29, 0.717) is 26.1 Å². The molecule has 0 saturated carbocycles. The molecule has 19 heavy (non-hydrogen) atoms. The Kier molecular flexibility index (Phi) is 4.58. The van der Waals surface area contributed by atoms with Crippen molar-refractivity contribution in [2.75, 3.05) is 19.7 Å². The molecule has 4 nitrogen and oxygen atoms in total. The van der Waals surface area contributed by atoms with Crippen LogP contribution in [0.25, 0.3) is 6.08 Å². The lowest BCUT2D eigenvalue weighted by molar-refractivity contribution is -0.125. The van der Waals surface area contributed by atoms with E-state index in [1.54, 1.807) is 11.0 Å². The number of β-amino-alcohol motifs (C(OH)–C–C–N with tert-alkyl or cyclic N) is 1. The number of aliphatic hydroxyl groups is 1. The number of benzene rings is 1. The van der Waals surface area contributed by atoms with Crippen LogP contribution >= 0.6 is 0 Å². The first-order chi connectivity index (χ1) is 9.20. The molecular formula is C15H19NO3. The number of para-hydroxylation sites is 1. The van der Waals surface area contributed by atoms with E-state index in [0.717, 1.165) is 11.3 Å². The Labute approximate surface area is 113 Å². The molecular weight excluding hydrogens is 242 g/mol. The summed E-state index contributed by atoms with van der Waals surface area (Å²) >= 11 is 0. The highest BCUT2D eigenvalue weighted by atomic mass is 16.5. The van der Waals surface area contributed by atoms with Crippen molar-refractivity contribution in [2.45, 2.75) is 19.4 Å². The van der Waals surface area contributed by atoms with Gasteiger partial charge in [-0.3, -0.25) is 4.79 Å². The van der Waals surface area contributed by atoms with Gasteiger partial charge in [-0.1, -0.05) is 18.2 Å². The number of nitrogens with zero attached hydrogens (tertiary/aromatic N) is 1. The molecule has 102 valence electrons. The van der Waals surface area contributed by atoms with Crippen LogP contribution in [0.15, 0.2) is 30.3 Å². The van der Waals surface area contributed by atoms with Gasteiger partial charge in [-0.25, -0.2) is 0 Å². The summed E-state index contributed by atoms with van der Waals surface area (Å²) in [5, 5.41) is 9.41. The van der Waals surface area contributed by atoms with Crippen LogP contribution in [0.4, 0.5) is 0 Å². The number of amides is 1. The van der Waals surface area contributed by atoms with E-state index in [1.165, 1.54) is 6.08 Å². The molecule has 1 aromatic carbocycles. The average Bonchev–Trinajstić information content (AvgIpc) is 2.84. The van der Waals surface area contributed by atoms with Gasteiger partial charge in [0.1, 0.15) is 5.75 Å². The monoisotopic (exact) mass is 261 g/mol. The number of likely N-dealkylation sites (tertiary alicyclic amines) is 1. The van der Waals surface area contributed by atoms with E-state index in [9.17, 15) is 9.90 Å². The fourth-order valence-electron chi connectivity index (χ4n) is 2.11. The number of rotatable bonds is 4. The number of hydrogen-bond donors (Lipinski definition) is 1. The van der Waals surface area contributed by atoms with E-state index in [2.05, 4.69) is 0 Å². The first-order valence-electron chi connectivity index (χ1n) is 6.57. The van der Waals surface area contributed by atoms with Crippen LogP contribution in [-0.4, -0.2) is 41.7 Å². The van der Waals surface area contributed by atoms with Crippen LogP contribution in [0.5, 0.6) is 5.75 Å². The predicted octanol–water partition coefficient (Wildman–Crippen LogP) is 1.69. The molecule has 1 atom stereocenters. The minimum atomic E-state index is -0.381. The molecule has 0 aliphatic carbocycles. The molecule has 1 fully saturated rings. The second kappa shape index (κ2) is 6.38. The van der Waals surface area contributed by atoms with E-state index in [1.807, 2.05) is 31.2 Å². The van der Waals surface area contributed by atoms with Gasteiger partial charge in [0.15, 0.2) is 0 Å². The molecule has 0 bridgehead atoms. The van der Waals surface area contributed by atoms with Crippen LogP contribution in [0.1, 0.15) is 18.9 Å². The van der Waals surface area contributed by atoms with E-state index in [4.69, 9.17) is 4.74 Å². The SMILES string of the molecule is CCOc1ccccc1C=CC(=O)N1CC[C@H](O)C1. The van der Waals surface area contributed by atoms with Gasteiger partial charge in [0.25, 0.3) is 0 Å². The largest absolute Gasteiger partial charge is 0.493 e. The molecule has 4 heteroatoms. The summed E-state index contributed by atoms with van der Waals surface area (Å²) in [7, 11) is 0. The highest BCUT2D eigenvalue weighted by molar-refractivity contribution is 5.92. The van der Waals surface area contributed by atoms with E-state index >= 15 is 0 Å². The molecule has 0 spiro atoms. The van der Waals surface area contributed by atoms with Gasteiger partial charge < -0.3 is 14.7 Å². The summed E-state index contributed by atoms with van der Waals surface area (Å²) in [5.41, 5.74) is 0.887. The fraction of sp³-hybridized carbons (Fsp3) is 0.400. The average molecular weight is 261 g/mol. The van der Waals surface area contributed by atoms with Crippen LogP contribution < -0.4 is 4.74 Å². The zero-order valence-electron chi connectivity index (χ0n) is 11.1. The Morgan fingerprint density at radius 2 is 2.32 bits per heavy atom. The molecule has 0 aromatic heterocycles. The molecule has 1 saturated heterocycles. The number of aliphatic hydroxyl groups excluding tert-OH is 1. The van der Waals surface area contributed by atoms with Crippen molar-refractivity contribution >= 4 is 12.0 Å². The minimum absolute atomic E-state index is 0.0668. The van der Waals surface area contributed by atoms with Crippen LogP contribution in [0.2, 0.25) is 0 Å². The van der Waals surface area contributed by atoms with Crippen molar-refractivity contribution in [3.8, 4) is 5.75 Å². The summed E-state index contributed by atoms with van der Waals surface area (Å²) in [5.74, 6) is 0.707. The molecule has 1 aliphatic rings. The van der Waals surface area contributed by atoms with Crippen molar-refractivity contribution in [3.63, 3.8) is 0 Å². The summed E-state index contributed by atoms with van der Waals surface area (Å²) in [6, 6.07) is 7.61. The molecule has 2 rings (SSSR count). The summed E-state index contributed by atoms with van der Waals surface area (Å²) < 4.78 is 5.50. The number of carbonyl (C=O) groups is 1. The highest BCUT2D eigenvalue weighted by Crippen LogP contribution is 2.19. The van der Waals surface area contributed by atoms with Gasteiger partial charge in [-0.15, -0.1) is 0 Å². The van der Waals surface area contributed by atoms with E-state index < -0.39 is 0 Å². The van der Waals surface area contributed by atoms with Crippen molar-refractivity contribution in [1.82, 2.24) is 4.90 Å². The first-order valence-corrected chi connectivity index (χ1v) is 6.57. The Bertz CT molecular complexity index is 470. The zero-order valence-corrected chi connectivity index (χ0v) is 11.1. The first kappa shape index (κ1) is 13.6. The Balaban J connectivity index is 2.04. The fourth-order valence-corrected chi connectivity index (χ4v) is 2.11. The summed E-state index contributed by atoms with van der Waals surface area (Å²) in [6.07, 6.45) is 3.58. The lowest BCUT2D eigenvalue weighted by Gasteiger charge is -2.12. The van der Waals surface area contributed by atoms with Crippen LogP contribution in [0.3, 0.4) is 0 Å². The van der Waals surface area contributed by atoms with Crippen LogP contribution in [0, 0.1) is 0 Å². The highest BCUT2D eigenvalue weighted by Gasteiger charge is 2.22. The van der Waals surface area contributed by atoms with E-state index in [-0.39, 0.29) is 12.0 Å². The normalized spacial score (nSPS) is 19.1. The maximum Gasteiger partial charge on any atom is 0.246 e. The third-order valence-corrected chi connectivity index (χ3v) is 3.10. The topological polar surface area (TPSA) is 49.8 Å². The molecule has 1 aliphatic heterocycles. The second-order valence-electron chi connectivity index (χ2n) is 4.53. The third kappa shape index (κ3) is 3.58. The van der Waals surface area contributed by atoms with Gasteiger partial charge in [0, 0.05) is 24.7 Å². The number of carbonyl (C=O) groups excluding carboxylic acids is 1. The van der Waals surface area contributed by atoms with Crippen molar-refractivity contribution < 1.29 is 14.6 Å². The van der Waals surface area contributed by atoms with Gasteiger partial charge >= 0.3 is 0 Å². The minimum Gasteiger partial charge on any atom is -0.493 e. The Morgan fingerprint density at radius 1 is 1.53 bits per heavy atom. The maximum absolute atomic E-state index is 11.9. The van der Waals surface area contributed by atoms with Crippen LogP contribution in [-0.2, 0) is 4.79 Å². The Morgan fingerprint density at radius 3 is 3.00 bits per heavy atom. The molecule has 0 unspecified atom stereocenters. The maximum atomic E-state index is 11.9. The Hall–Kier alpha value is -1.81. The molecule has 1 amide bonds. The lowest BCUT2D eigenvalue weighted by Crippen LogP contribution is -2.27. The van der Waals surface area contributed by atoms with Gasteiger partial charge in [0.05, 0.1) is 12.7 Å². The smallest absolute Gasteiger partial charge is 0.246 e. The van der Waals surface area contributed by atoms with Crippen molar-refractivity contribution in [2.24, 2.45) is 0 Å².